The van der Waals surface area contributed by atoms with E-state index in [0.717, 1.165) is 71.3 Å². The number of hydrogen-bond acceptors (Lipinski definition) is 5. The normalized spacial score (nSPS) is 12.9. The molecule has 0 radical (unpaired) electrons. The van der Waals surface area contributed by atoms with E-state index in [0.29, 0.717) is 17.5 Å². The molecule has 5 heteroatoms. The third-order valence-electron chi connectivity index (χ3n) is 12.6. The molecule has 8 aromatic carbocycles. The van der Waals surface area contributed by atoms with Crippen molar-refractivity contribution >= 4 is 43.4 Å². The maximum Gasteiger partial charge on any atom is 0.164 e. The fraction of sp³-hybridized carbons (Fsp3) is 0.0536. The van der Waals surface area contributed by atoms with Crippen LogP contribution in [0.25, 0.3) is 111 Å². The van der Waals surface area contributed by atoms with Gasteiger partial charge in [-0.3, -0.25) is 4.98 Å². The molecule has 0 fully saturated rings. The maximum absolute atomic E-state index is 5.29. The van der Waals surface area contributed by atoms with Crippen molar-refractivity contribution in [3.8, 4) is 67.7 Å². The Balaban J connectivity index is 1.00. The van der Waals surface area contributed by atoms with Gasteiger partial charge in [0.25, 0.3) is 0 Å². The van der Waals surface area contributed by atoms with E-state index in [4.69, 9.17) is 19.9 Å². The second kappa shape index (κ2) is 13.6. The van der Waals surface area contributed by atoms with Crippen LogP contribution < -0.4 is 0 Å². The second-order valence-electron chi connectivity index (χ2n) is 16.5. The van der Waals surface area contributed by atoms with Crippen LogP contribution in [0.15, 0.2) is 188 Å². The minimum absolute atomic E-state index is 0.158. The van der Waals surface area contributed by atoms with Crippen molar-refractivity contribution in [1.82, 2.24) is 24.9 Å². The molecule has 1 aliphatic carbocycles. The highest BCUT2D eigenvalue weighted by Crippen LogP contribution is 2.49. The molecule has 0 N–H and O–H groups in total. The summed E-state index contributed by atoms with van der Waals surface area (Å²) in [7, 11) is 0. The molecule has 5 nitrogen and oxygen atoms in total. The lowest BCUT2D eigenvalue weighted by molar-refractivity contribution is 0.660. The number of rotatable bonds is 5. The van der Waals surface area contributed by atoms with E-state index in [1.807, 2.05) is 12.3 Å². The first kappa shape index (κ1) is 35.1. The highest BCUT2D eigenvalue weighted by molar-refractivity contribution is 6.05. The van der Waals surface area contributed by atoms with Crippen molar-refractivity contribution in [3.05, 3.63) is 199 Å². The van der Waals surface area contributed by atoms with E-state index in [1.54, 1.807) is 0 Å². The first-order chi connectivity index (χ1) is 30.0. The van der Waals surface area contributed by atoms with Gasteiger partial charge in [0.2, 0.25) is 0 Å². The van der Waals surface area contributed by atoms with Gasteiger partial charge in [-0.25, -0.2) is 19.9 Å². The van der Waals surface area contributed by atoms with Gasteiger partial charge in [0.05, 0.1) is 16.7 Å². The number of aromatic nitrogens is 5. The summed E-state index contributed by atoms with van der Waals surface area (Å²) in [6.45, 7) is 4.61. The van der Waals surface area contributed by atoms with Crippen LogP contribution in [0.2, 0.25) is 0 Å². The lowest BCUT2D eigenvalue weighted by Crippen LogP contribution is -2.15. The molecule has 286 valence electrons. The Hall–Kier alpha value is -7.89. The number of pyridine rings is 2. The molecule has 3 aromatic heterocycles. The molecule has 0 saturated carbocycles. The van der Waals surface area contributed by atoms with E-state index >= 15 is 0 Å². The van der Waals surface area contributed by atoms with Crippen LogP contribution >= 0.6 is 0 Å². The smallest absolute Gasteiger partial charge is 0.164 e. The molecule has 0 unspecified atom stereocenters. The molecule has 1 aliphatic rings. The first-order valence-electron chi connectivity index (χ1n) is 20.7. The van der Waals surface area contributed by atoms with E-state index in [-0.39, 0.29) is 5.41 Å². The standard InChI is InChI=1S/C56H37N5/c1-56(2)48-17-9-8-16-45(48)46-26-24-41(33-49(46)56)54-59-53(60-55(61-54)47-28-27-42(34-11-4-3-5-12-34)43-14-6-7-15-44(43)47)40-23-21-37-31-39(22-20-38(37)32-40)50-29-25-36-19-18-35-13-10-30-57-51(35)52(36)58-50/h3-33H,1-2H3. The highest BCUT2D eigenvalue weighted by atomic mass is 15.0. The molecule has 0 bridgehead atoms. The fourth-order valence-electron chi connectivity index (χ4n) is 9.39. The lowest BCUT2D eigenvalue weighted by Gasteiger charge is -2.21. The zero-order valence-corrected chi connectivity index (χ0v) is 33.6. The van der Waals surface area contributed by atoms with Crippen molar-refractivity contribution in [2.45, 2.75) is 19.3 Å². The number of nitrogens with zero attached hydrogens (tertiary/aromatic N) is 5. The van der Waals surface area contributed by atoms with Gasteiger partial charge in [-0.1, -0.05) is 159 Å². The molecule has 0 spiro atoms. The third-order valence-corrected chi connectivity index (χ3v) is 12.6. The second-order valence-corrected chi connectivity index (χ2v) is 16.5. The molecular formula is C56H37N5. The molecule has 61 heavy (non-hydrogen) atoms. The van der Waals surface area contributed by atoms with Crippen LogP contribution in [-0.2, 0) is 5.41 Å². The van der Waals surface area contributed by atoms with Crippen LogP contribution in [0, 0.1) is 0 Å². The van der Waals surface area contributed by atoms with Gasteiger partial charge in [0, 0.05) is 44.6 Å². The minimum Gasteiger partial charge on any atom is -0.254 e. The molecule has 12 rings (SSSR count). The summed E-state index contributed by atoms with van der Waals surface area (Å²) in [6.07, 6.45) is 1.83. The van der Waals surface area contributed by atoms with Crippen molar-refractivity contribution in [2.75, 3.05) is 0 Å². The summed E-state index contributed by atoms with van der Waals surface area (Å²) in [5.41, 5.74) is 14.0. The van der Waals surface area contributed by atoms with Gasteiger partial charge in [0.15, 0.2) is 17.5 Å². The van der Waals surface area contributed by atoms with Crippen molar-refractivity contribution in [2.24, 2.45) is 0 Å². The molecule has 3 heterocycles. The van der Waals surface area contributed by atoms with E-state index in [9.17, 15) is 0 Å². The quantitative estimate of drug-likeness (QED) is 0.163. The maximum atomic E-state index is 5.29. The molecule has 0 aliphatic heterocycles. The number of benzene rings is 8. The molecular weight excluding hydrogens is 743 g/mol. The van der Waals surface area contributed by atoms with E-state index in [2.05, 4.69) is 195 Å². The van der Waals surface area contributed by atoms with Crippen LogP contribution in [0.5, 0.6) is 0 Å². The summed E-state index contributed by atoms with van der Waals surface area (Å²) in [4.78, 5) is 25.6. The SMILES string of the molecule is CC1(C)c2ccccc2-c2ccc(-c3nc(-c4ccc5cc(-c6ccc7ccc8cccnc8c7n6)ccc5c4)nc(-c4ccc(-c5ccccc5)c5ccccc45)n3)cc21. The molecule has 0 saturated heterocycles. The first-order valence-corrected chi connectivity index (χ1v) is 20.7. The molecule has 0 atom stereocenters. The van der Waals surface area contributed by atoms with Gasteiger partial charge in [0.1, 0.15) is 0 Å². The monoisotopic (exact) mass is 779 g/mol. The van der Waals surface area contributed by atoms with E-state index in [1.165, 1.54) is 33.4 Å². The van der Waals surface area contributed by atoms with Gasteiger partial charge < -0.3 is 0 Å². The topological polar surface area (TPSA) is 64.5 Å². The van der Waals surface area contributed by atoms with Crippen LogP contribution in [0.4, 0.5) is 0 Å². The molecule has 11 aromatic rings. The van der Waals surface area contributed by atoms with Gasteiger partial charge in [-0.05, 0) is 91.3 Å². The number of fused-ring (bicyclic) bond motifs is 8. The predicted molar refractivity (Wildman–Crippen MR) is 250 cm³/mol. The Morgan fingerprint density at radius 3 is 1.74 bits per heavy atom. The number of hydrogen-bond donors (Lipinski definition) is 0. The Kier molecular flexibility index (Phi) is 7.81. The summed E-state index contributed by atoms with van der Waals surface area (Å²) < 4.78 is 0. The fourth-order valence-corrected chi connectivity index (χ4v) is 9.39. The highest BCUT2D eigenvalue weighted by Gasteiger charge is 2.35. The summed E-state index contributed by atoms with van der Waals surface area (Å²) >= 11 is 0. The van der Waals surface area contributed by atoms with Gasteiger partial charge >= 0.3 is 0 Å². The zero-order chi connectivity index (χ0) is 40.7. The van der Waals surface area contributed by atoms with Crippen LogP contribution in [-0.4, -0.2) is 24.9 Å². The van der Waals surface area contributed by atoms with Gasteiger partial charge in [-0.2, -0.15) is 0 Å². The van der Waals surface area contributed by atoms with Crippen molar-refractivity contribution in [3.63, 3.8) is 0 Å². The average molecular weight is 780 g/mol. The average Bonchev–Trinajstić information content (AvgIpc) is 3.55. The van der Waals surface area contributed by atoms with E-state index < -0.39 is 0 Å². The van der Waals surface area contributed by atoms with Crippen molar-refractivity contribution < 1.29 is 0 Å². The lowest BCUT2D eigenvalue weighted by atomic mass is 9.82. The summed E-state index contributed by atoms with van der Waals surface area (Å²) in [6, 6.07) is 64.4. The Labute approximate surface area is 353 Å². The largest absolute Gasteiger partial charge is 0.254 e. The Bertz CT molecular complexity index is 3570. The predicted octanol–water partition coefficient (Wildman–Crippen LogP) is 13.9. The summed E-state index contributed by atoms with van der Waals surface area (Å²) in [5, 5.41) is 6.60. The van der Waals surface area contributed by atoms with Crippen LogP contribution in [0.3, 0.4) is 0 Å². The van der Waals surface area contributed by atoms with Gasteiger partial charge in [-0.15, -0.1) is 0 Å². The Morgan fingerprint density at radius 1 is 0.344 bits per heavy atom. The minimum atomic E-state index is -0.158. The van der Waals surface area contributed by atoms with Crippen molar-refractivity contribution in [1.29, 1.82) is 0 Å². The Morgan fingerprint density at radius 2 is 0.918 bits per heavy atom. The van der Waals surface area contributed by atoms with Crippen LogP contribution in [0.1, 0.15) is 25.0 Å². The molecule has 0 amide bonds. The third kappa shape index (κ3) is 5.73. The summed E-state index contributed by atoms with van der Waals surface area (Å²) in [5.74, 6) is 1.91. The zero-order valence-electron chi connectivity index (χ0n) is 33.6.